The van der Waals surface area contributed by atoms with Crippen LogP contribution in [0, 0.1) is 0 Å². The van der Waals surface area contributed by atoms with Crippen LogP contribution in [0.4, 0.5) is 0 Å². The van der Waals surface area contributed by atoms with Gasteiger partial charge < -0.3 is 18.9 Å². The van der Waals surface area contributed by atoms with Gasteiger partial charge in [-0.3, -0.25) is 4.79 Å². The monoisotopic (exact) mass is 340 g/mol. The summed E-state index contributed by atoms with van der Waals surface area (Å²) in [4.78, 5) is 12.5. The summed E-state index contributed by atoms with van der Waals surface area (Å²) in [5, 5.41) is 0. The highest BCUT2D eigenvalue weighted by atomic mass is 16.7. The van der Waals surface area contributed by atoms with Crippen LogP contribution in [-0.4, -0.2) is 26.8 Å². The smallest absolute Gasteiger partial charge is 0.231 e. The maximum Gasteiger partial charge on any atom is 0.231 e. The molecule has 0 bridgehead atoms. The molecule has 0 aliphatic carbocycles. The number of methoxy groups -OCH3 is 2. The largest absolute Gasteiger partial charge is 0.493 e. The Morgan fingerprint density at radius 3 is 2.40 bits per heavy atom. The molecule has 1 aliphatic rings. The minimum atomic E-state index is -0.00936. The van der Waals surface area contributed by atoms with Gasteiger partial charge >= 0.3 is 0 Å². The summed E-state index contributed by atoms with van der Waals surface area (Å²) in [6.45, 7) is 4.17. The van der Waals surface area contributed by atoms with Gasteiger partial charge in [0, 0.05) is 12.8 Å². The van der Waals surface area contributed by atoms with Crippen molar-refractivity contribution < 1.29 is 23.7 Å². The maximum atomic E-state index is 12.5. The first-order chi connectivity index (χ1) is 12.1. The van der Waals surface area contributed by atoms with E-state index >= 15 is 0 Å². The average molecular weight is 340 g/mol. The van der Waals surface area contributed by atoms with E-state index in [9.17, 15) is 4.79 Å². The van der Waals surface area contributed by atoms with Crippen LogP contribution in [-0.2, 0) is 17.6 Å². The van der Waals surface area contributed by atoms with Crippen molar-refractivity contribution in [3.05, 3.63) is 59.7 Å². The fourth-order valence-corrected chi connectivity index (χ4v) is 2.70. The number of ether oxygens (including phenoxy) is 4. The summed E-state index contributed by atoms with van der Waals surface area (Å²) in [7, 11) is 3.15. The van der Waals surface area contributed by atoms with E-state index in [0.29, 0.717) is 29.2 Å². The van der Waals surface area contributed by atoms with E-state index in [-0.39, 0.29) is 19.0 Å². The second-order valence-electron chi connectivity index (χ2n) is 5.76. The molecule has 25 heavy (non-hydrogen) atoms. The van der Waals surface area contributed by atoms with Gasteiger partial charge in [0.25, 0.3) is 0 Å². The Bertz CT molecular complexity index is 810. The molecular formula is C20H20O5. The Hall–Kier alpha value is -2.95. The molecular weight excluding hydrogens is 320 g/mol. The number of benzene rings is 2. The lowest BCUT2D eigenvalue weighted by molar-refractivity contribution is -0.115. The van der Waals surface area contributed by atoms with Crippen LogP contribution in [0.3, 0.4) is 0 Å². The molecule has 0 N–H and O–H groups in total. The molecule has 0 aromatic heterocycles. The number of fused-ring (bicyclic) bond motifs is 1. The first kappa shape index (κ1) is 16.9. The van der Waals surface area contributed by atoms with Gasteiger partial charge in [-0.2, -0.15) is 0 Å². The van der Waals surface area contributed by atoms with Crippen LogP contribution in [0.25, 0.3) is 0 Å². The van der Waals surface area contributed by atoms with E-state index in [1.807, 2.05) is 30.3 Å². The van der Waals surface area contributed by atoms with Crippen molar-refractivity contribution in [2.75, 3.05) is 21.0 Å². The molecule has 2 aromatic carbocycles. The van der Waals surface area contributed by atoms with Crippen molar-refractivity contribution >= 4 is 5.78 Å². The molecule has 0 fully saturated rings. The highest BCUT2D eigenvalue weighted by Crippen LogP contribution is 2.33. The normalized spacial score (nSPS) is 11.9. The zero-order valence-electron chi connectivity index (χ0n) is 14.3. The predicted molar refractivity (Wildman–Crippen MR) is 93.7 cm³/mol. The zero-order valence-corrected chi connectivity index (χ0v) is 14.3. The number of carbonyl (C=O) groups is 1. The third-order valence-electron chi connectivity index (χ3n) is 4.06. The fraction of sp³-hybridized carbons (Fsp3) is 0.250. The highest BCUT2D eigenvalue weighted by Gasteiger charge is 2.16. The van der Waals surface area contributed by atoms with Crippen molar-refractivity contribution in [1.82, 2.24) is 0 Å². The van der Waals surface area contributed by atoms with Crippen molar-refractivity contribution in [2.45, 2.75) is 12.8 Å². The second-order valence-corrected chi connectivity index (χ2v) is 5.76. The molecule has 3 rings (SSSR count). The molecule has 0 saturated carbocycles. The van der Waals surface area contributed by atoms with Crippen molar-refractivity contribution in [1.29, 1.82) is 0 Å². The molecule has 0 radical (unpaired) electrons. The molecule has 5 heteroatoms. The Morgan fingerprint density at radius 1 is 0.960 bits per heavy atom. The van der Waals surface area contributed by atoms with Crippen LogP contribution in [0.1, 0.15) is 11.1 Å². The molecule has 0 atom stereocenters. The third kappa shape index (κ3) is 3.76. The van der Waals surface area contributed by atoms with E-state index in [1.165, 1.54) is 0 Å². The van der Waals surface area contributed by atoms with Gasteiger partial charge in [-0.15, -0.1) is 0 Å². The predicted octanol–water partition coefficient (Wildman–Crippen LogP) is 3.34. The van der Waals surface area contributed by atoms with Crippen molar-refractivity contribution in [3.63, 3.8) is 0 Å². The van der Waals surface area contributed by atoms with Gasteiger partial charge in [-0.1, -0.05) is 18.7 Å². The lowest BCUT2D eigenvalue weighted by Crippen LogP contribution is -2.08. The van der Waals surface area contributed by atoms with Crippen LogP contribution in [0.2, 0.25) is 0 Å². The molecule has 0 saturated heterocycles. The molecule has 2 aromatic rings. The Kier molecular flexibility index (Phi) is 4.93. The third-order valence-corrected chi connectivity index (χ3v) is 4.06. The van der Waals surface area contributed by atoms with E-state index in [4.69, 9.17) is 18.9 Å². The van der Waals surface area contributed by atoms with Gasteiger partial charge in [0.15, 0.2) is 28.8 Å². The maximum absolute atomic E-state index is 12.5. The number of Topliss-reactive ketones (excluding diaryl/α,β-unsaturated/α-hetero) is 1. The summed E-state index contributed by atoms with van der Waals surface area (Å²) in [6, 6.07) is 11.1. The van der Waals surface area contributed by atoms with Crippen LogP contribution in [0.15, 0.2) is 48.6 Å². The Morgan fingerprint density at radius 2 is 1.64 bits per heavy atom. The quantitative estimate of drug-likeness (QED) is 0.724. The SMILES string of the molecule is C=C(Cc1ccc2c(c1)OCO2)C(=O)Cc1ccc(OC)c(OC)c1. The van der Waals surface area contributed by atoms with Crippen molar-refractivity contribution in [2.24, 2.45) is 0 Å². The number of hydrogen-bond donors (Lipinski definition) is 0. The summed E-state index contributed by atoms with van der Waals surface area (Å²) in [5.41, 5.74) is 2.37. The Balaban J connectivity index is 1.66. The molecule has 130 valence electrons. The number of hydrogen-bond acceptors (Lipinski definition) is 5. The molecule has 0 spiro atoms. The van der Waals surface area contributed by atoms with Gasteiger partial charge in [0.2, 0.25) is 6.79 Å². The fourth-order valence-electron chi connectivity index (χ4n) is 2.70. The lowest BCUT2D eigenvalue weighted by atomic mass is 9.98. The van der Waals surface area contributed by atoms with Gasteiger partial charge in [0.05, 0.1) is 14.2 Å². The summed E-state index contributed by atoms with van der Waals surface area (Å²) >= 11 is 0. The topological polar surface area (TPSA) is 54.0 Å². The average Bonchev–Trinajstić information content (AvgIpc) is 3.09. The minimum absolute atomic E-state index is 0.00936. The molecule has 0 amide bonds. The van der Waals surface area contributed by atoms with Crippen LogP contribution < -0.4 is 18.9 Å². The van der Waals surface area contributed by atoms with E-state index in [1.54, 1.807) is 20.3 Å². The molecule has 0 unspecified atom stereocenters. The van der Waals surface area contributed by atoms with Crippen LogP contribution in [0.5, 0.6) is 23.0 Å². The number of allylic oxidation sites excluding steroid dienone is 1. The van der Waals surface area contributed by atoms with Gasteiger partial charge in [-0.25, -0.2) is 0 Å². The number of ketones is 1. The zero-order chi connectivity index (χ0) is 17.8. The lowest BCUT2D eigenvalue weighted by Gasteiger charge is -2.10. The number of rotatable bonds is 7. The van der Waals surface area contributed by atoms with Gasteiger partial charge in [0.1, 0.15) is 0 Å². The summed E-state index contributed by atoms with van der Waals surface area (Å²) < 4.78 is 21.1. The van der Waals surface area contributed by atoms with Crippen molar-refractivity contribution in [3.8, 4) is 23.0 Å². The standard InChI is InChI=1S/C20H20O5/c1-13(8-14-5-7-18-20(11-14)25-12-24-18)16(21)9-15-4-6-17(22-2)19(10-15)23-3/h4-7,10-11H,1,8-9,12H2,2-3H3. The molecule has 5 nitrogen and oxygen atoms in total. The van der Waals surface area contributed by atoms with Crippen LogP contribution >= 0.6 is 0 Å². The second kappa shape index (κ2) is 7.30. The first-order valence-electron chi connectivity index (χ1n) is 7.91. The first-order valence-corrected chi connectivity index (χ1v) is 7.91. The summed E-state index contributed by atoms with van der Waals surface area (Å²) in [6.07, 6.45) is 0.743. The van der Waals surface area contributed by atoms with Gasteiger partial charge in [-0.05, 0) is 41.0 Å². The van der Waals surface area contributed by atoms with E-state index < -0.39 is 0 Å². The Labute approximate surface area is 146 Å². The molecule has 1 heterocycles. The highest BCUT2D eigenvalue weighted by molar-refractivity contribution is 5.96. The molecule has 1 aliphatic heterocycles. The summed E-state index contributed by atoms with van der Waals surface area (Å²) in [5.74, 6) is 2.67. The number of carbonyl (C=O) groups excluding carboxylic acids is 1. The van der Waals surface area contributed by atoms with E-state index in [2.05, 4.69) is 6.58 Å². The minimum Gasteiger partial charge on any atom is -0.493 e. The van der Waals surface area contributed by atoms with E-state index in [0.717, 1.165) is 16.9 Å².